The van der Waals surface area contributed by atoms with E-state index in [1.807, 2.05) is 0 Å². The van der Waals surface area contributed by atoms with Crippen LogP contribution in [0.5, 0.6) is 0 Å². The van der Waals surface area contributed by atoms with Crippen molar-refractivity contribution in [3.05, 3.63) is 54.3 Å². The zero-order chi connectivity index (χ0) is 20.8. The first-order valence-electron chi connectivity index (χ1n) is 10.1. The molecule has 0 atom stereocenters. The average Bonchev–Trinajstić information content (AvgIpc) is 3.29. The Bertz CT molecular complexity index is 968. The monoisotopic (exact) mass is 407 g/mol. The normalized spacial score (nSPS) is 14.6. The molecular weight excluding hydrogens is 382 g/mol. The van der Waals surface area contributed by atoms with Crippen molar-refractivity contribution < 1.29 is 9.32 Å². The molecule has 0 saturated carbocycles. The summed E-state index contributed by atoms with van der Waals surface area (Å²) in [6.45, 7) is 7.74. The summed E-state index contributed by atoms with van der Waals surface area (Å²) in [6, 6.07) is 10.2. The summed E-state index contributed by atoms with van der Waals surface area (Å²) in [6.07, 6.45) is 3.84. The number of carbonyl (C=O) groups is 1. The Hall–Kier alpha value is -3.33. The molecular formula is C21H25N7O2. The van der Waals surface area contributed by atoms with E-state index in [0.717, 1.165) is 39.1 Å². The number of benzene rings is 1. The van der Waals surface area contributed by atoms with Crippen molar-refractivity contribution in [2.45, 2.75) is 13.3 Å². The number of hydrogen-bond donors (Lipinski definition) is 1. The van der Waals surface area contributed by atoms with Crippen LogP contribution in [-0.4, -0.2) is 70.2 Å². The molecule has 9 heteroatoms. The lowest BCUT2D eigenvalue weighted by Gasteiger charge is -2.36. The molecule has 0 bridgehead atoms. The van der Waals surface area contributed by atoms with Crippen molar-refractivity contribution in [1.29, 1.82) is 0 Å². The second-order valence-electron chi connectivity index (χ2n) is 7.24. The van der Waals surface area contributed by atoms with Gasteiger partial charge < -0.3 is 14.7 Å². The summed E-state index contributed by atoms with van der Waals surface area (Å²) in [7, 11) is 0. The van der Waals surface area contributed by atoms with Crippen LogP contribution in [0.4, 0.5) is 5.69 Å². The van der Waals surface area contributed by atoms with E-state index >= 15 is 0 Å². The maximum absolute atomic E-state index is 12.2. The summed E-state index contributed by atoms with van der Waals surface area (Å²) < 4.78 is 5.04. The van der Waals surface area contributed by atoms with Crippen LogP contribution < -0.4 is 10.2 Å². The standard InChI is InChI=1S/C21H25N7O2/c1-16-5-2-3-6-18(16)28-13-11-27(12-14-28)10-4-8-23-20(29)21-25-19(26-30-21)17-7-9-22-15-24-17/h2-3,5-7,9,15H,4,8,10-14H2,1H3,(H,23,29). The van der Waals surface area contributed by atoms with Crippen molar-refractivity contribution in [3.63, 3.8) is 0 Å². The van der Waals surface area contributed by atoms with Crippen molar-refractivity contribution in [2.24, 2.45) is 0 Å². The van der Waals surface area contributed by atoms with Gasteiger partial charge in [0.05, 0.1) is 0 Å². The summed E-state index contributed by atoms with van der Waals surface area (Å²) in [4.78, 5) is 29.1. The highest BCUT2D eigenvalue weighted by Crippen LogP contribution is 2.20. The summed E-state index contributed by atoms with van der Waals surface area (Å²) in [5.74, 6) is -0.156. The van der Waals surface area contributed by atoms with Crippen LogP contribution in [0.25, 0.3) is 11.5 Å². The van der Waals surface area contributed by atoms with E-state index in [1.165, 1.54) is 17.6 Å². The molecule has 0 spiro atoms. The Labute approximate surface area is 175 Å². The van der Waals surface area contributed by atoms with Gasteiger partial charge in [0, 0.05) is 44.6 Å². The minimum absolute atomic E-state index is 0.0598. The number of piperazine rings is 1. The first kappa shape index (κ1) is 20.0. The molecule has 0 unspecified atom stereocenters. The fourth-order valence-corrected chi connectivity index (χ4v) is 3.55. The van der Waals surface area contributed by atoms with E-state index in [1.54, 1.807) is 12.3 Å². The van der Waals surface area contributed by atoms with Crippen molar-refractivity contribution >= 4 is 11.6 Å². The Morgan fingerprint density at radius 1 is 1.17 bits per heavy atom. The average molecular weight is 407 g/mol. The number of rotatable bonds is 7. The lowest BCUT2D eigenvalue weighted by Crippen LogP contribution is -2.47. The highest BCUT2D eigenvalue weighted by Gasteiger charge is 2.19. The zero-order valence-electron chi connectivity index (χ0n) is 17.0. The molecule has 1 saturated heterocycles. The fourth-order valence-electron chi connectivity index (χ4n) is 3.55. The molecule has 30 heavy (non-hydrogen) atoms. The van der Waals surface area contributed by atoms with E-state index in [-0.39, 0.29) is 17.6 Å². The molecule has 1 fully saturated rings. The van der Waals surface area contributed by atoms with Gasteiger partial charge >= 0.3 is 11.8 Å². The molecule has 2 aromatic heterocycles. The zero-order valence-corrected chi connectivity index (χ0v) is 17.0. The van der Waals surface area contributed by atoms with E-state index in [4.69, 9.17) is 4.52 Å². The number of nitrogens with one attached hydrogen (secondary N) is 1. The lowest BCUT2D eigenvalue weighted by atomic mass is 10.1. The van der Waals surface area contributed by atoms with E-state index in [2.05, 4.69) is 66.4 Å². The van der Waals surface area contributed by atoms with Gasteiger partial charge in [-0.15, -0.1) is 0 Å². The van der Waals surface area contributed by atoms with Crippen molar-refractivity contribution in [1.82, 2.24) is 30.3 Å². The maximum Gasteiger partial charge on any atom is 0.316 e. The fraction of sp³-hybridized carbons (Fsp3) is 0.381. The smallest absolute Gasteiger partial charge is 0.316 e. The molecule has 1 amide bonds. The molecule has 0 radical (unpaired) electrons. The molecule has 3 aromatic rings. The number of aryl methyl sites for hydroxylation is 1. The first-order chi connectivity index (χ1) is 14.7. The predicted octanol–water partition coefficient (Wildman–Crippen LogP) is 1.78. The molecule has 156 valence electrons. The number of aromatic nitrogens is 4. The predicted molar refractivity (Wildman–Crippen MR) is 112 cm³/mol. The summed E-state index contributed by atoms with van der Waals surface area (Å²) in [5, 5.41) is 6.64. The van der Waals surface area contributed by atoms with Crippen molar-refractivity contribution in [3.8, 4) is 11.5 Å². The van der Waals surface area contributed by atoms with Crippen LogP contribution in [0.3, 0.4) is 0 Å². The highest BCUT2D eigenvalue weighted by atomic mass is 16.5. The molecule has 3 heterocycles. The molecule has 4 rings (SSSR count). The second kappa shape index (κ2) is 9.45. The van der Waals surface area contributed by atoms with Gasteiger partial charge in [-0.3, -0.25) is 9.69 Å². The van der Waals surface area contributed by atoms with Crippen LogP contribution in [0, 0.1) is 6.92 Å². The molecule has 1 aromatic carbocycles. The molecule has 9 nitrogen and oxygen atoms in total. The maximum atomic E-state index is 12.2. The Kier molecular flexibility index (Phi) is 6.29. The number of nitrogens with zero attached hydrogens (tertiary/aromatic N) is 6. The second-order valence-corrected chi connectivity index (χ2v) is 7.24. The van der Waals surface area contributed by atoms with Gasteiger partial charge in [-0.05, 0) is 37.6 Å². The molecule has 1 N–H and O–H groups in total. The number of hydrogen-bond acceptors (Lipinski definition) is 8. The SMILES string of the molecule is Cc1ccccc1N1CCN(CCCNC(=O)c2nc(-c3ccncn3)no2)CC1. The number of anilines is 1. The number of amides is 1. The van der Waals surface area contributed by atoms with Crippen molar-refractivity contribution in [2.75, 3.05) is 44.2 Å². The number of carbonyl (C=O) groups excluding carboxylic acids is 1. The van der Waals surface area contributed by atoms with Gasteiger partial charge in [0.2, 0.25) is 5.82 Å². The van der Waals surface area contributed by atoms with Gasteiger partial charge in [-0.1, -0.05) is 23.4 Å². The number of para-hydroxylation sites is 1. The third-order valence-corrected chi connectivity index (χ3v) is 5.20. The van der Waals surface area contributed by atoms with Gasteiger partial charge in [0.15, 0.2) is 0 Å². The largest absolute Gasteiger partial charge is 0.369 e. The van der Waals surface area contributed by atoms with E-state index in [9.17, 15) is 4.79 Å². The highest BCUT2D eigenvalue weighted by molar-refractivity contribution is 5.89. The summed E-state index contributed by atoms with van der Waals surface area (Å²) in [5.41, 5.74) is 3.15. The van der Waals surface area contributed by atoms with Crippen LogP contribution in [0.15, 0.2) is 47.4 Å². The van der Waals surface area contributed by atoms with Crippen LogP contribution in [0.1, 0.15) is 22.7 Å². The first-order valence-corrected chi connectivity index (χ1v) is 10.1. The van der Waals surface area contributed by atoms with Crippen LogP contribution >= 0.6 is 0 Å². The van der Waals surface area contributed by atoms with E-state index in [0.29, 0.717) is 12.2 Å². The van der Waals surface area contributed by atoms with Crippen LogP contribution in [0.2, 0.25) is 0 Å². The molecule has 1 aliphatic rings. The topological polar surface area (TPSA) is 100 Å². The van der Waals surface area contributed by atoms with Gasteiger partial charge in [-0.25, -0.2) is 9.97 Å². The Morgan fingerprint density at radius 3 is 2.77 bits per heavy atom. The summed E-state index contributed by atoms with van der Waals surface area (Å²) >= 11 is 0. The molecule has 0 aliphatic carbocycles. The van der Waals surface area contributed by atoms with Gasteiger partial charge in [0.1, 0.15) is 12.0 Å². The van der Waals surface area contributed by atoms with Crippen LogP contribution in [-0.2, 0) is 0 Å². The Morgan fingerprint density at radius 2 is 2.00 bits per heavy atom. The lowest BCUT2D eigenvalue weighted by molar-refractivity contribution is 0.0907. The van der Waals surface area contributed by atoms with Gasteiger partial charge in [-0.2, -0.15) is 4.98 Å². The van der Waals surface area contributed by atoms with E-state index < -0.39 is 0 Å². The Balaban J connectivity index is 1.18. The third-order valence-electron chi connectivity index (χ3n) is 5.20. The molecule has 1 aliphatic heterocycles. The van der Waals surface area contributed by atoms with Gasteiger partial charge in [0.25, 0.3) is 0 Å². The quantitative estimate of drug-likeness (QED) is 0.592. The minimum atomic E-state index is -0.368. The third kappa shape index (κ3) is 4.80. The minimum Gasteiger partial charge on any atom is -0.369 e.